The minimum Gasteiger partial charge on any atom is -0.338 e. The molecule has 0 radical (unpaired) electrons. The number of pyridine rings is 1. The average Bonchev–Trinajstić information content (AvgIpc) is 3.14. The molecule has 3 rings (SSSR count). The maximum Gasteiger partial charge on any atom is 0.255 e. The summed E-state index contributed by atoms with van der Waals surface area (Å²) in [5.74, 6) is 0. The molecule has 7 heteroatoms. The van der Waals surface area contributed by atoms with Gasteiger partial charge in [0, 0.05) is 16.8 Å². The molecule has 0 aliphatic heterocycles. The van der Waals surface area contributed by atoms with Crippen molar-refractivity contribution < 1.29 is 0 Å². The van der Waals surface area contributed by atoms with Gasteiger partial charge in [-0.2, -0.15) is 5.10 Å². The van der Waals surface area contributed by atoms with Gasteiger partial charge in [-0.1, -0.05) is 11.6 Å². The largest absolute Gasteiger partial charge is 0.338 e. The van der Waals surface area contributed by atoms with E-state index in [1.165, 1.54) is 11.1 Å². The van der Waals surface area contributed by atoms with E-state index in [0.29, 0.717) is 16.9 Å². The van der Waals surface area contributed by atoms with Crippen molar-refractivity contribution in [2.24, 2.45) is 0 Å². The SMILES string of the molecule is [C-]#[N+]c1c[nH]c(=O)c(-c2cc(CCc3ccc(Cl)s3)[nH]n2)c1. The third-order valence-electron chi connectivity index (χ3n) is 3.19. The number of thiophene rings is 1. The molecule has 0 aromatic carbocycles. The number of aromatic nitrogens is 3. The number of rotatable bonds is 4. The highest BCUT2D eigenvalue weighted by molar-refractivity contribution is 7.16. The minimum atomic E-state index is -0.254. The zero-order chi connectivity index (χ0) is 15.5. The first-order valence-electron chi connectivity index (χ1n) is 6.55. The van der Waals surface area contributed by atoms with Crippen molar-refractivity contribution in [3.05, 3.63) is 67.1 Å². The summed E-state index contributed by atoms with van der Waals surface area (Å²) in [5, 5.41) is 7.11. The third-order valence-corrected chi connectivity index (χ3v) is 4.48. The standard InChI is InChI=1S/C15H11ClN4OS/c1-17-10-6-12(15(21)18-8-10)13-7-9(19-20-13)2-3-11-4-5-14(16)22-11/h4-8H,2-3H2,(H,18,21)(H,19,20). The van der Waals surface area contributed by atoms with Gasteiger partial charge < -0.3 is 4.98 Å². The van der Waals surface area contributed by atoms with Gasteiger partial charge in [0.2, 0.25) is 5.69 Å². The lowest BCUT2D eigenvalue weighted by atomic mass is 10.1. The number of hydrogen-bond donors (Lipinski definition) is 2. The van der Waals surface area contributed by atoms with Crippen LogP contribution in [0.2, 0.25) is 4.34 Å². The molecule has 110 valence electrons. The number of hydrogen-bond acceptors (Lipinski definition) is 3. The minimum absolute atomic E-state index is 0.254. The Balaban J connectivity index is 1.79. The summed E-state index contributed by atoms with van der Waals surface area (Å²) in [5.41, 5.74) is 2.01. The molecule has 0 bridgehead atoms. The van der Waals surface area contributed by atoms with Crippen LogP contribution in [0.3, 0.4) is 0 Å². The Bertz CT molecular complexity index is 903. The summed E-state index contributed by atoms with van der Waals surface area (Å²) >= 11 is 7.47. The van der Waals surface area contributed by atoms with E-state index >= 15 is 0 Å². The molecule has 0 saturated heterocycles. The van der Waals surface area contributed by atoms with Gasteiger partial charge >= 0.3 is 0 Å². The molecule has 3 heterocycles. The summed E-state index contributed by atoms with van der Waals surface area (Å²) in [6, 6.07) is 7.28. The molecule has 0 saturated carbocycles. The molecular formula is C15H11ClN4OS. The van der Waals surface area contributed by atoms with Gasteiger partial charge in [-0.05, 0) is 37.1 Å². The first-order chi connectivity index (χ1) is 10.7. The highest BCUT2D eigenvalue weighted by Gasteiger charge is 2.09. The van der Waals surface area contributed by atoms with Gasteiger partial charge in [0.25, 0.3) is 5.56 Å². The molecular weight excluding hydrogens is 320 g/mol. The molecule has 0 amide bonds. The van der Waals surface area contributed by atoms with Crippen LogP contribution >= 0.6 is 22.9 Å². The number of aryl methyl sites for hydroxylation is 2. The second-order valence-corrected chi connectivity index (χ2v) is 6.50. The predicted octanol–water partition coefficient (Wildman–Crippen LogP) is 3.82. The van der Waals surface area contributed by atoms with Gasteiger partial charge in [0.15, 0.2) is 0 Å². The predicted molar refractivity (Wildman–Crippen MR) is 87.6 cm³/mol. The average molecular weight is 331 g/mol. The van der Waals surface area contributed by atoms with Crippen LogP contribution in [0.5, 0.6) is 0 Å². The lowest BCUT2D eigenvalue weighted by molar-refractivity contribution is 0.904. The Morgan fingerprint density at radius 2 is 2.18 bits per heavy atom. The monoisotopic (exact) mass is 330 g/mol. The van der Waals surface area contributed by atoms with Crippen LogP contribution < -0.4 is 5.56 Å². The van der Waals surface area contributed by atoms with Crippen molar-refractivity contribution in [3.63, 3.8) is 0 Å². The smallest absolute Gasteiger partial charge is 0.255 e. The normalized spacial score (nSPS) is 10.5. The summed E-state index contributed by atoms with van der Waals surface area (Å²) in [7, 11) is 0. The summed E-state index contributed by atoms with van der Waals surface area (Å²) in [6.07, 6.45) is 3.04. The van der Waals surface area contributed by atoms with E-state index in [-0.39, 0.29) is 5.56 Å². The van der Waals surface area contributed by atoms with Crippen LogP contribution in [0.1, 0.15) is 10.6 Å². The Morgan fingerprint density at radius 3 is 2.91 bits per heavy atom. The van der Waals surface area contributed by atoms with Gasteiger partial charge in [-0.3, -0.25) is 9.89 Å². The zero-order valence-electron chi connectivity index (χ0n) is 11.4. The molecule has 0 aliphatic rings. The quantitative estimate of drug-likeness (QED) is 0.714. The number of aromatic amines is 2. The van der Waals surface area contributed by atoms with E-state index in [2.05, 4.69) is 20.0 Å². The molecule has 2 N–H and O–H groups in total. The maximum atomic E-state index is 11.9. The van der Waals surface area contributed by atoms with E-state index in [0.717, 1.165) is 22.9 Å². The Kier molecular flexibility index (Phi) is 4.09. The van der Waals surface area contributed by atoms with Crippen molar-refractivity contribution in [1.29, 1.82) is 0 Å². The fourth-order valence-corrected chi connectivity index (χ4v) is 3.19. The number of halogens is 1. The van der Waals surface area contributed by atoms with E-state index in [9.17, 15) is 4.79 Å². The van der Waals surface area contributed by atoms with Crippen LogP contribution in [-0.4, -0.2) is 15.2 Å². The molecule has 0 fully saturated rings. The summed E-state index contributed by atoms with van der Waals surface area (Å²) < 4.78 is 0.780. The first-order valence-corrected chi connectivity index (χ1v) is 7.74. The third kappa shape index (κ3) is 3.11. The van der Waals surface area contributed by atoms with Crippen LogP contribution in [0.25, 0.3) is 16.1 Å². The molecule has 3 aromatic rings. The van der Waals surface area contributed by atoms with E-state index in [1.54, 1.807) is 17.4 Å². The van der Waals surface area contributed by atoms with Crippen molar-refractivity contribution in [2.45, 2.75) is 12.8 Å². The molecule has 3 aromatic heterocycles. The van der Waals surface area contributed by atoms with Crippen LogP contribution in [0.4, 0.5) is 5.69 Å². The zero-order valence-corrected chi connectivity index (χ0v) is 13.0. The lowest BCUT2D eigenvalue weighted by Crippen LogP contribution is -2.07. The molecule has 0 atom stereocenters. The molecule has 0 spiro atoms. The first kappa shape index (κ1) is 14.6. The van der Waals surface area contributed by atoms with Crippen molar-refractivity contribution in [1.82, 2.24) is 15.2 Å². The molecule has 0 aliphatic carbocycles. The second-order valence-electron chi connectivity index (χ2n) is 4.70. The highest BCUT2D eigenvalue weighted by Crippen LogP contribution is 2.23. The van der Waals surface area contributed by atoms with Gasteiger partial charge in [0.05, 0.1) is 22.2 Å². The van der Waals surface area contributed by atoms with Crippen molar-refractivity contribution in [3.8, 4) is 11.3 Å². The number of nitrogens with one attached hydrogen (secondary N) is 2. The van der Waals surface area contributed by atoms with Gasteiger partial charge in [-0.25, -0.2) is 4.85 Å². The van der Waals surface area contributed by atoms with Crippen LogP contribution in [-0.2, 0) is 12.8 Å². The van der Waals surface area contributed by atoms with E-state index < -0.39 is 0 Å². The Labute approximate surface area is 135 Å². The van der Waals surface area contributed by atoms with E-state index in [1.807, 2.05) is 18.2 Å². The second kappa shape index (κ2) is 6.18. The fraction of sp³-hybridized carbons (Fsp3) is 0.133. The van der Waals surface area contributed by atoms with Crippen molar-refractivity contribution in [2.75, 3.05) is 0 Å². The lowest BCUT2D eigenvalue weighted by Gasteiger charge is -1.96. The summed E-state index contributed by atoms with van der Waals surface area (Å²) in [6.45, 7) is 7.01. The Hall–Kier alpha value is -2.36. The highest BCUT2D eigenvalue weighted by atomic mass is 35.5. The van der Waals surface area contributed by atoms with Gasteiger partial charge in [-0.15, -0.1) is 11.3 Å². The maximum absolute atomic E-state index is 11.9. The van der Waals surface area contributed by atoms with Gasteiger partial charge in [0.1, 0.15) is 0 Å². The molecule has 0 unspecified atom stereocenters. The topological polar surface area (TPSA) is 65.9 Å². The number of nitrogens with zero attached hydrogens (tertiary/aromatic N) is 2. The van der Waals surface area contributed by atoms with Crippen molar-refractivity contribution >= 4 is 28.6 Å². The molecule has 5 nitrogen and oxygen atoms in total. The fourth-order valence-electron chi connectivity index (χ4n) is 2.10. The number of H-pyrrole nitrogens is 2. The van der Waals surface area contributed by atoms with Crippen LogP contribution in [0.15, 0.2) is 35.3 Å². The molecule has 22 heavy (non-hydrogen) atoms. The van der Waals surface area contributed by atoms with Crippen LogP contribution in [0, 0.1) is 6.57 Å². The summed E-state index contributed by atoms with van der Waals surface area (Å²) in [4.78, 5) is 18.9. The Morgan fingerprint density at radius 1 is 1.32 bits per heavy atom. The van der Waals surface area contributed by atoms with E-state index in [4.69, 9.17) is 18.2 Å².